The van der Waals surface area contributed by atoms with Gasteiger partial charge in [-0.1, -0.05) is 37.9 Å². The molecule has 0 unspecified atom stereocenters. The summed E-state index contributed by atoms with van der Waals surface area (Å²) in [6.45, 7) is 2.12. The highest BCUT2D eigenvalue weighted by atomic mass is 79.9. The molecular formula is C20H17Br2NO4. The molecule has 0 radical (unpaired) electrons. The van der Waals surface area contributed by atoms with E-state index < -0.39 is 0 Å². The summed E-state index contributed by atoms with van der Waals surface area (Å²) < 4.78 is 18.4. The van der Waals surface area contributed by atoms with Gasteiger partial charge in [-0.05, 0) is 55.0 Å². The Bertz CT molecular complexity index is 968. The third-order valence-electron chi connectivity index (χ3n) is 3.79. The van der Waals surface area contributed by atoms with E-state index in [1.54, 1.807) is 25.3 Å². The number of carbonyl (C=O) groups is 1. The molecule has 1 amide bonds. The Kier molecular flexibility index (Phi) is 6.23. The van der Waals surface area contributed by atoms with E-state index in [0.717, 1.165) is 14.5 Å². The lowest BCUT2D eigenvalue weighted by Crippen LogP contribution is -2.13. The molecule has 2 aromatic carbocycles. The molecule has 140 valence electrons. The van der Waals surface area contributed by atoms with E-state index in [1.165, 1.54) is 0 Å². The second-order valence-corrected chi connectivity index (χ2v) is 7.60. The first-order valence-corrected chi connectivity index (χ1v) is 9.67. The van der Waals surface area contributed by atoms with Crippen LogP contribution in [0.5, 0.6) is 11.5 Å². The zero-order valence-electron chi connectivity index (χ0n) is 14.7. The van der Waals surface area contributed by atoms with Crippen LogP contribution in [0.1, 0.15) is 21.9 Å². The SMILES string of the molecule is COc1cc(Br)cc(C)c1NC(=O)c1ccc(COc2cccc(Br)c2)o1. The normalized spacial score (nSPS) is 10.5. The van der Waals surface area contributed by atoms with E-state index in [-0.39, 0.29) is 18.3 Å². The molecule has 7 heteroatoms. The molecule has 0 spiro atoms. The van der Waals surface area contributed by atoms with Crippen LogP contribution in [0.4, 0.5) is 5.69 Å². The number of amides is 1. The van der Waals surface area contributed by atoms with Crippen molar-refractivity contribution in [2.45, 2.75) is 13.5 Å². The topological polar surface area (TPSA) is 60.7 Å². The Hall–Kier alpha value is -2.25. The van der Waals surface area contributed by atoms with Crippen LogP contribution in [0.2, 0.25) is 0 Å². The van der Waals surface area contributed by atoms with Gasteiger partial charge in [-0.15, -0.1) is 0 Å². The number of furan rings is 1. The number of methoxy groups -OCH3 is 1. The smallest absolute Gasteiger partial charge is 0.291 e. The average Bonchev–Trinajstić information content (AvgIpc) is 3.11. The van der Waals surface area contributed by atoms with Gasteiger partial charge in [-0.3, -0.25) is 4.79 Å². The van der Waals surface area contributed by atoms with Gasteiger partial charge in [-0.2, -0.15) is 0 Å². The fourth-order valence-electron chi connectivity index (χ4n) is 2.50. The summed E-state index contributed by atoms with van der Waals surface area (Å²) in [4.78, 5) is 12.5. The molecule has 0 atom stereocenters. The molecule has 0 aliphatic heterocycles. The molecule has 0 aliphatic rings. The van der Waals surface area contributed by atoms with Crippen molar-refractivity contribution in [1.82, 2.24) is 0 Å². The van der Waals surface area contributed by atoms with Crippen molar-refractivity contribution < 1.29 is 18.7 Å². The van der Waals surface area contributed by atoms with Crippen LogP contribution in [0.15, 0.2) is 61.9 Å². The summed E-state index contributed by atoms with van der Waals surface area (Å²) in [6, 6.07) is 14.5. The van der Waals surface area contributed by atoms with Crippen LogP contribution in [-0.4, -0.2) is 13.0 Å². The van der Waals surface area contributed by atoms with E-state index in [0.29, 0.717) is 22.9 Å². The van der Waals surface area contributed by atoms with Crippen LogP contribution in [0.3, 0.4) is 0 Å². The molecule has 0 bridgehead atoms. The van der Waals surface area contributed by atoms with Gasteiger partial charge in [0.2, 0.25) is 0 Å². The summed E-state index contributed by atoms with van der Waals surface area (Å²) in [5.41, 5.74) is 1.48. The summed E-state index contributed by atoms with van der Waals surface area (Å²) in [7, 11) is 1.56. The number of hydrogen-bond acceptors (Lipinski definition) is 4. The molecule has 1 heterocycles. The number of rotatable bonds is 6. The number of ether oxygens (including phenoxy) is 2. The first-order valence-electron chi connectivity index (χ1n) is 8.09. The van der Waals surface area contributed by atoms with Crippen molar-refractivity contribution in [3.05, 3.63) is 74.6 Å². The van der Waals surface area contributed by atoms with Gasteiger partial charge in [0, 0.05) is 8.95 Å². The lowest BCUT2D eigenvalue weighted by atomic mass is 10.2. The predicted octanol–water partition coefficient (Wildman–Crippen LogP) is 5.95. The Morgan fingerprint density at radius 3 is 2.67 bits per heavy atom. The molecule has 3 rings (SSSR count). The highest BCUT2D eigenvalue weighted by Gasteiger charge is 2.16. The maximum atomic E-state index is 12.5. The minimum atomic E-state index is -0.354. The minimum absolute atomic E-state index is 0.201. The average molecular weight is 495 g/mol. The predicted molar refractivity (Wildman–Crippen MR) is 111 cm³/mol. The van der Waals surface area contributed by atoms with Crippen LogP contribution in [-0.2, 0) is 6.61 Å². The lowest BCUT2D eigenvalue weighted by molar-refractivity contribution is 0.0992. The van der Waals surface area contributed by atoms with Crippen molar-refractivity contribution in [2.24, 2.45) is 0 Å². The number of nitrogens with one attached hydrogen (secondary N) is 1. The van der Waals surface area contributed by atoms with E-state index in [1.807, 2.05) is 37.3 Å². The molecule has 1 aromatic heterocycles. The first kappa shape index (κ1) is 19.5. The van der Waals surface area contributed by atoms with Gasteiger partial charge in [0.05, 0.1) is 12.8 Å². The number of hydrogen-bond donors (Lipinski definition) is 1. The molecular weight excluding hydrogens is 478 g/mol. The molecule has 5 nitrogen and oxygen atoms in total. The van der Waals surface area contributed by atoms with E-state index in [4.69, 9.17) is 13.9 Å². The number of halogens is 2. The Balaban J connectivity index is 1.68. The van der Waals surface area contributed by atoms with Gasteiger partial charge in [-0.25, -0.2) is 0 Å². The summed E-state index contributed by atoms with van der Waals surface area (Å²) >= 11 is 6.81. The number of benzene rings is 2. The van der Waals surface area contributed by atoms with Crippen molar-refractivity contribution >= 4 is 43.5 Å². The van der Waals surface area contributed by atoms with Crippen LogP contribution < -0.4 is 14.8 Å². The highest BCUT2D eigenvalue weighted by molar-refractivity contribution is 9.10. The van der Waals surface area contributed by atoms with Gasteiger partial charge in [0.25, 0.3) is 5.91 Å². The van der Waals surface area contributed by atoms with Crippen molar-refractivity contribution in [1.29, 1.82) is 0 Å². The summed E-state index contributed by atoms with van der Waals surface area (Å²) in [6.07, 6.45) is 0. The van der Waals surface area contributed by atoms with Gasteiger partial charge in [0.15, 0.2) is 5.76 Å². The highest BCUT2D eigenvalue weighted by Crippen LogP contribution is 2.32. The third kappa shape index (κ3) is 4.93. The lowest BCUT2D eigenvalue weighted by Gasteiger charge is -2.13. The van der Waals surface area contributed by atoms with Crippen LogP contribution in [0.25, 0.3) is 0 Å². The fourth-order valence-corrected chi connectivity index (χ4v) is 3.43. The molecule has 0 saturated heterocycles. The molecule has 0 saturated carbocycles. The van der Waals surface area contributed by atoms with Gasteiger partial charge in [0.1, 0.15) is 23.9 Å². The summed E-state index contributed by atoms with van der Waals surface area (Å²) in [5.74, 6) is 1.68. The Morgan fingerprint density at radius 2 is 1.93 bits per heavy atom. The Labute approximate surface area is 173 Å². The zero-order valence-corrected chi connectivity index (χ0v) is 17.9. The molecule has 3 aromatic rings. The second-order valence-electron chi connectivity index (χ2n) is 5.77. The van der Waals surface area contributed by atoms with Gasteiger partial charge < -0.3 is 19.2 Å². The van der Waals surface area contributed by atoms with Crippen LogP contribution in [0, 0.1) is 6.92 Å². The standard InChI is InChI=1S/C20H17Br2NO4/c1-12-8-14(22)10-18(25-2)19(12)23-20(24)17-7-6-16(27-17)11-26-15-5-3-4-13(21)9-15/h3-10H,11H2,1-2H3,(H,23,24). The molecule has 27 heavy (non-hydrogen) atoms. The number of aryl methyl sites for hydroxylation is 1. The molecule has 0 fully saturated rings. The largest absolute Gasteiger partial charge is 0.495 e. The zero-order chi connectivity index (χ0) is 19.4. The summed E-state index contributed by atoms with van der Waals surface area (Å²) in [5, 5.41) is 2.84. The van der Waals surface area contributed by atoms with E-state index in [2.05, 4.69) is 37.2 Å². The van der Waals surface area contributed by atoms with Gasteiger partial charge >= 0.3 is 0 Å². The first-order chi connectivity index (χ1) is 13.0. The van der Waals surface area contributed by atoms with E-state index in [9.17, 15) is 4.79 Å². The van der Waals surface area contributed by atoms with Crippen molar-refractivity contribution in [3.8, 4) is 11.5 Å². The monoisotopic (exact) mass is 493 g/mol. The maximum Gasteiger partial charge on any atom is 0.291 e. The Morgan fingerprint density at radius 1 is 1.11 bits per heavy atom. The molecule has 0 aliphatic carbocycles. The van der Waals surface area contributed by atoms with Crippen molar-refractivity contribution in [2.75, 3.05) is 12.4 Å². The van der Waals surface area contributed by atoms with Crippen molar-refractivity contribution in [3.63, 3.8) is 0 Å². The number of carbonyl (C=O) groups excluding carboxylic acids is 1. The maximum absolute atomic E-state index is 12.5. The minimum Gasteiger partial charge on any atom is -0.495 e. The van der Waals surface area contributed by atoms with Crippen LogP contribution >= 0.6 is 31.9 Å². The second kappa shape index (κ2) is 8.63. The number of anilines is 1. The fraction of sp³-hybridized carbons (Fsp3) is 0.150. The third-order valence-corrected chi connectivity index (χ3v) is 4.74. The van der Waals surface area contributed by atoms with E-state index >= 15 is 0 Å². The quantitative estimate of drug-likeness (QED) is 0.459. The molecule has 1 N–H and O–H groups in total.